The minimum atomic E-state index is -0.581. The molecule has 0 saturated carbocycles. The summed E-state index contributed by atoms with van der Waals surface area (Å²) in [5.41, 5.74) is 6.54. The quantitative estimate of drug-likeness (QED) is 0.805. The van der Waals surface area contributed by atoms with Crippen molar-refractivity contribution in [3.63, 3.8) is 0 Å². The molecule has 2 aromatic rings. The number of rotatable bonds is 2. The summed E-state index contributed by atoms with van der Waals surface area (Å²) in [6.45, 7) is 1.75. The lowest BCUT2D eigenvalue weighted by Gasteiger charge is -1.88. The highest BCUT2D eigenvalue weighted by molar-refractivity contribution is 7.03. The molecule has 0 atom stereocenters. The summed E-state index contributed by atoms with van der Waals surface area (Å²) in [5, 5.41) is 5.66. The predicted molar refractivity (Wildman–Crippen MR) is 50.9 cm³/mol. The molecule has 0 bridgehead atoms. The topological polar surface area (TPSA) is 82.0 Å². The third kappa shape index (κ3) is 1.39. The van der Waals surface area contributed by atoms with Crippen molar-refractivity contribution < 1.29 is 9.21 Å². The molecule has 0 aliphatic carbocycles. The van der Waals surface area contributed by atoms with Crippen LogP contribution in [0, 0.1) is 6.92 Å². The van der Waals surface area contributed by atoms with E-state index in [1.165, 1.54) is 11.5 Å². The van der Waals surface area contributed by atoms with Gasteiger partial charge in [0, 0.05) is 10.9 Å². The molecular weight excluding hydrogens is 202 g/mol. The van der Waals surface area contributed by atoms with Crippen LogP contribution in [0.25, 0.3) is 11.3 Å². The number of amides is 1. The second-order valence-corrected chi connectivity index (χ2v) is 3.34. The first-order valence-corrected chi connectivity index (χ1v) is 4.70. The van der Waals surface area contributed by atoms with Crippen LogP contribution in [0.1, 0.15) is 16.3 Å². The van der Waals surface area contributed by atoms with Crippen LogP contribution in [-0.4, -0.2) is 15.5 Å². The molecule has 0 aromatic carbocycles. The van der Waals surface area contributed by atoms with E-state index in [0.717, 1.165) is 5.56 Å². The summed E-state index contributed by atoms with van der Waals surface area (Å²) >= 11 is 1.24. The Hall–Kier alpha value is -1.69. The molecule has 6 heteroatoms. The number of hydrogen-bond acceptors (Lipinski definition) is 5. The Bertz CT molecular complexity index is 461. The van der Waals surface area contributed by atoms with Gasteiger partial charge in [-0.3, -0.25) is 4.79 Å². The van der Waals surface area contributed by atoms with Crippen molar-refractivity contribution in [1.29, 1.82) is 0 Å². The van der Waals surface area contributed by atoms with E-state index < -0.39 is 5.91 Å². The normalized spacial score (nSPS) is 10.4. The molecule has 2 N–H and O–H groups in total. The summed E-state index contributed by atoms with van der Waals surface area (Å²) in [7, 11) is 0. The first-order valence-electron chi connectivity index (χ1n) is 3.86. The smallest absolute Gasteiger partial charge is 0.284 e. The second-order valence-electron chi connectivity index (χ2n) is 2.73. The highest BCUT2D eigenvalue weighted by atomic mass is 32.1. The lowest BCUT2D eigenvalue weighted by atomic mass is 10.2. The number of nitrogens with two attached hydrogens (primary N) is 1. The number of primary amides is 1. The number of aryl methyl sites for hydroxylation is 1. The van der Waals surface area contributed by atoms with Crippen LogP contribution in [0.15, 0.2) is 15.9 Å². The van der Waals surface area contributed by atoms with Gasteiger partial charge in [0.15, 0.2) is 5.76 Å². The fraction of sp³-hybridized carbons (Fsp3) is 0.125. The molecule has 5 nitrogen and oxygen atoms in total. The van der Waals surface area contributed by atoms with E-state index in [4.69, 9.17) is 10.2 Å². The number of aromatic nitrogens is 2. The van der Waals surface area contributed by atoms with Gasteiger partial charge in [0.1, 0.15) is 11.5 Å². The molecule has 0 unspecified atom stereocenters. The van der Waals surface area contributed by atoms with Crippen LogP contribution in [-0.2, 0) is 0 Å². The third-order valence-corrected chi connectivity index (χ3v) is 2.30. The van der Waals surface area contributed by atoms with Crippen molar-refractivity contribution in [3.8, 4) is 11.3 Å². The van der Waals surface area contributed by atoms with Crippen molar-refractivity contribution in [2.24, 2.45) is 5.73 Å². The number of nitrogens with zero attached hydrogens (tertiary/aromatic N) is 2. The van der Waals surface area contributed by atoms with Gasteiger partial charge in [0.25, 0.3) is 5.91 Å². The molecular formula is C8H7N3O2S. The van der Waals surface area contributed by atoms with Gasteiger partial charge >= 0.3 is 0 Å². The van der Waals surface area contributed by atoms with Crippen molar-refractivity contribution >= 4 is 17.4 Å². The SMILES string of the molecule is Cc1oc(C(N)=O)cc1-c1csnn1. The van der Waals surface area contributed by atoms with Gasteiger partial charge < -0.3 is 10.2 Å². The molecule has 14 heavy (non-hydrogen) atoms. The fourth-order valence-corrected chi connectivity index (χ4v) is 1.60. The molecule has 1 amide bonds. The van der Waals surface area contributed by atoms with Crippen LogP contribution in [0.5, 0.6) is 0 Å². The Morgan fingerprint density at radius 3 is 2.93 bits per heavy atom. The summed E-state index contributed by atoms with van der Waals surface area (Å²) in [5.74, 6) is 0.180. The van der Waals surface area contributed by atoms with Gasteiger partial charge in [0.05, 0.1) is 0 Å². The van der Waals surface area contributed by atoms with Gasteiger partial charge in [-0.25, -0.2) is 0 Å². The Morgan fingerprint density at radius 1 is 1.64 bits per heavy atom. The lowest BCUT2D eigenvalue weighted by Crippen LogP contribution is -2.09. The lowest BCUT2D eigenvalue weighted by molar-refractivity contribution is 0.0972. The van der Waals surface area contributed by atoms with E-state index in [1.807, 2.05) is 0 Å². The Balaban J connectivity index is 2.50. The first kappa shape index (κ1) is 8.89. The van der Waals surface area contributed by atoms with E-state index in [1.54, 1.807) is 18.4 Å². The average Bonchev–Trinajstić information content (AvgIpc) is 2.71. The molecule has 72 valence electrons. The van der Waals surface area contributed by atoms with Crippen molar-refractivity contribution in [2.75, 3.05) is 0 Å². The maximum atomic E-state index is 10.8. The highest BCUT2D eigenvalue weighted by Gasteiger charge is 2.14. The molecule has 0 radical (unpaired) electrons. The van der Waals surface area contributed by atoms with Crippen LogP contribution < -0.4 is 5.73 Å². The van der Waals surface area contributed by atoms with E-state index in [0.29, 0.717) is 11.5 Å². The van der Waals surface area contributed by atoms with Crippen LogP contribution in [0.4, 0.5) is 0 Å². The summed E-state index contributed by atoms with van der Waals surface area (Å²) in [4.78, 5) is 10.8. The maximum Gasteiger partial charge on any atom is 0.284 e. The summed E-state index contributed by atoms with van der Waals surface area (Å²) in [6.07, 6.45) is 0. The van der Waals surface area contributed by atoms with Crippen molar-refractivity contribution in [2.45, 2.75) is 6.92 Å². The van der Waals surface area contributed by atoms with Crippen LogP contribution in [0.2, 0.25) is 0 Å². The fourth-order valence-electron chi connectivity index (χ4n) is 1.14. The summed E-state index contributed by atoms with van der Waals surface area (Å²) < 4.78 is 8.89. The van der Waals surface area contributed by atoms with Gasteiger partial charge in [-0.05, 0) is 24.5 Å². The number of furan rings is 1. The Labute approximate surface area is 83.7 Å². The third-order valence-electron chi connectivity index (χ3n) is 1.80. The van der Waals surface area contributed by atoms with Gasteiger partial charge in [-0.1, -0.05) is 4.49 Å². The molecule has 2 rings (SSSR count). The minimum absolute atomic E-state index is 0.144. The standard InChI is InChI=1S/C8H7N3O2S/c1-4-5(6-3-14-11-10-6)2-7(13-4)8(9)12/h2-3H,1H3,(H2,9,12). The number of carbonyl (C=O) groups is 1. The molecule has 0 saturated heterocycles. The zero-order valence-corrected chi connectivity index (χ0v) is 8.17. The van der Waals surface area contributed by atoms with Gasteiger partial charge in [-0.2, -0.15) is 0 Å². The number of hydrogen-bond donors (Lipinski definition) is 1. The molecule has 2 heterocycles. The Kier molecular flexibility index (Phi) is 2.05. The minimum Gasteiger partial charge on any atom is -0.456 e. The second kappa shape index (κ2) is 3.22. The monoisotopic (exact) mass is 209 g/mol. The summed E-state index contributed by atoms with van der Waals surface area (Å²) in [6, 6.07) is 1.58. The zero-order chi connectivity index (χ0) is 10.1. The van der Waals surface area contributed by atoms with E-state index in [-0.39, 0.29) is 5.76 Å². The van der Waals surface area contributed by atoms with Crippen LogP contribution >= 0.6 is 11.5 Å². The van der Waals surface area contributed by atoms with Crippen molar-refractivity contribution in [3.05, 3.63) is 23.0 Å². The molecule has 2 aromatic heterocycles. The largest absolute Gasteiger partial charge is 0.456 e. The molecule has 0 fully saturated rings. The van der Waals surface area contributed by atoms with E-state index in [2.05, 4.69) is 9.59 Å². The van der Waals surface area contributed by atoms with Gasteiger partial charge in [0.2, 0.25) is 0 Å². The first-order chi connectivity index (χ1) is 6.68. The van der Waals surface area contributed by atoms with Gasteiger partial charge in [-0.15, -0.1) is 5.10 Å². The zero-order valence-electron chi connectivity index (χ0n) is 7.35. The Morgan fingerprint density at radius 2 is 2.43 bits per heavy atom. The van der Waals surface area contributed by atoms with E-state index in [9.17, 15) is 4.79 Å². The molecule has 0 aliphatic rings. The number of carbonyl (C=O) groups excluding carboxylic acids is 1. The van der Waals surface area contributed by atoms with Crippen LogP contribution in [0.3, 0.4) is 0 Å². The van der Waals surface area contributed by atoms with E-state index >= 15 is 0 Å². The molecule has 0 aliphatic heterocycles. The predicted octanol–water partition coefficient (Wildman–Crippen LogP) is 1.21. The highest BCUT2D eigenvalue weighted by Crippen LogP contribution is 2.25. The maximum absolute atomic E-state index is 10.8. The molecule has 0 spiro atoms. The van der Waals surface area contributed by atoms with Crippen molar-refractivity contribution in [1.82, 2.24) is 9.59 Å². The average molecular weight is 209 g/mol.